The van der Waals surface area contributed by atoms with Crippen LogP contribution < -0.4 is 0 Å². The van der Waals surface area contributed by atoms with Crippen molar-refractivity contribution in [1.29, 1.82) is 0 Å². The minimum absolute atomic E-state index is 0.124. The van der Waals surface area contributed by atoms with Crippen molar-refractivity contribution in [2.45, 2.75) is 6.54 Å². The average Bonchev–Trinajstić information content (AvgIpc) is 3.52. The van der Waals surface area contributed by atoms with Crippen molar-refractivity contribution in [3.05, 3.63) is 83.4 Å². The lowest BCUT2D eigenvalue weighted by Crippen LogP contribution is -2.48. The number of pyridine rings is 1. The standard InChI is InChI=1S/C26H22N4OS2/c31-26(23-11-10-22(32-23)25-28-20-8-1-2-9-21(20)33-25)30-15-13-29(14-16-30)17-19-6-3-5-18-7-4-12-27-24(18)19/h1-12H,13-17H2. The molecule has 1 aliphatic heterocycles. The van der Waals surface area contributed by atoms with Crippen molar-refractivity contribution in [2.24, 2.45) is 0 Å². The van der Waals surface area contributed by atoms with Gasteiger partial charge in [0.15, 0.2) is 0 Å². The number of hydrogen-bond acceptors (Lipinski definition) is 6. The maximum Gasteiger partial charge on any atom is 0.264 e. The molecule has 1 fully saturated rings. The Morgan fingerprint density at radius 3 is 2.61 bits per heavy atom. The summed E-state index contributed by atoms with van der Waals surface area (Å²) in [6.45, 7) is 4.07. The average molecular weight is 471 g/mol. The number of rotatable bonds is 4. The topological polar surface area (TPSA) is 49.3 Å². The molecule has 33 heavy (non-hydrogen) atoms. The fourth-order valence-electron chi connectivity index (χ4n) is 4.35. The molecule has 3 aromatic heterocycles. The molecule has 1 amide bonds. The van der Waals surface area contributed by atoms with Crippen molar-refractivity contribution in [1.82, 2.24) is 19.8 Å². The molecule has 5 nitrogen and oxygen atoms in total. The zero-order valence-electron chi connectivity index (χ0n) is 18.0. The number of carbonyl (C=O) groups is 1. The number of piperazine rings is 1. The van der Waals surface area contributed by atoms with E-state index in [-0.39, 0.29) is 5.91 Å². The number of hydrogen-bond donors (Lipinski definition) is 0. The summed E-state index contributed by atoms with van der Waals surface area (Å²) in [5.74, 6) is 0.124. The number of fused-ring (bicyclic) bond motifs is 2. The second-order valence-electron chi connectivity index (χ2n) is 8.21. The maximum absolute atomic E-state index is 13.1. The van der Waals surface area contributed by atoms with E-state index < -0.39 is 0 Å². The van der Waals surface area contributed by atoms with Gasteiger partial charge in [0.05, 0.1) is 25.5 Å². The van der Waals surface area contributed by atoms with E-state index in [1.54, 1.807) is 22.7 Å². The molecule has 0 radical (unpaired) electrons. The Morgan fingerprint density at radius 1 is 0.879 bits per heavy atom. The Hall–Kier alpha value is -3.13. The van der Waals surface area contributed by atoms with Crippen molar-refractivity contribution < 1.29 is 4.79 Å². The fraction of sp³-hybridized carbons (Fsp3) is 0.192. The number of benzene rings is 2. The Bertz CT molecular complexity index is 1410. The minimum atomic E-state index is 0.124. The third kappa shape index (κ3) is 4.04. The van der Waals surface area contributed by atoms with Gasteiger partial charge in [-0.05, 0) is 35.9 Å². The third-order valence-electron chi connectivity index (χ3n) is 6.09. The molecule has 4 heterocycles. The SMILES string of the molecule is O=C(c1ccc(-c2nc3ccccc3s2)s1)N1CCN(Cc2cccc3cccnc23)CC1. The molecular weight excluding hydrogens is 448 g/mol. The van der Waals surface area contributed by atoms with Crippen LogP contribution in [0.5, 0.6) is 0 Å². The van der Waals surface area contributed by atoms with E-state index in [0.29, 0.717) is 0 Å². The van der Waals surface area contributed by atoms with Gasteiger partial charge in [0.25, 0.3) is 5.91 Å². The monoisotopic (exact) mass is 470 g/mol. The predicted octanol–water partition coefficient (Wildman–Crippen LogP) is 5.53. The molecule has 0 spiro atoms. The molecule has 0 bridgehead atoms. The summed E-state index contributed by atoms with van der Waals surface area (Å²) in [5.41, 5.74) is 3.32. The summed E-state index contributed by atoms with van der Waals surface area (Å²) in [6, 6.07) is 22.6. The van der Waals surface area contributed by atoms with Gasteiger partial charge in [0, 0.05) is 44.3 Å². The summed E-state index contributed by atoms with van der Waals surface area (Å²) < 4.78 is 1.17. The van der Waals surface area contributed by atoms with Crippen molar-refractivity contribution >= 4 is 49.7 Å². The van der Waals surface area contributed by atoms with Crippen molar-refractivity contribution in [3.63, 3.8) is 0 Å². The molecule has 6 rings (SSSR count). The van der Waals surface area contributed by atoms with E-state index in [2.05, 4.69) is 40.2 Å². The molecule has 2 aromatic carbocycles. The molecule has 1 saturated heterocycles. The number of thiazole rings is 1. The number of carbonyl (C=O) groups excluding carboxylic acids is 1. The number of para-hydroxylation sites is 2. The van der Waals surface area contributed by atoms with E-state index in [9.17, 15) is 4.79 Å². The van der Waals surface area contributed by atoms with Gasteiger partial charge in [-0.2, -0.15) is 0 Å². The lowest BCUT2D eigenvalue weighted by molar-refractivity contribution is 0.0633. The van der Waals surface area contributed by atoms with Gasteiger partial charge in [-0.15, -0.1) is 22.7 Å². The van der Waals surface area contributed by atoms with Gasteiger partial charge in [-0.25, -0.2) is 4.98 Å². The van der Waals surface area contributed by atoms with Crippen LogP contribution in [0.15, 0.2) is 72.9 Å². The van der Waals surface area contributed by atoms with E-state index in [1.165, 1.54) is 15.6 Å². The predicted molar refractivity (Wildman–Crippen MR) is 136 cm³/mol. The van der Waals surface area contributed by atoms with Crippen LogP contribution in [0.25, 0.3) is 31.0 Å². The molecule has 0 N–H and O–H groups in total. The first-order valence-electron chi connectivity index (χ1n) is 11.0. The van der Waals surface area contributed by atoms with Gasteiger partial charge >= 0.3 is 0 Å². The van der Waals surface area contributed by atoms with Crippen LogP contribution in [0.4, 0.5) is 0 Å². The summed E-state index contributed by atoms with van der Waals surface area (Å²) in [6.07, 6.45) is 1.85. The van der Waals surface area contributed by atoms with E-state index in [1.807, 2.05) is 47.5 Å². The molecule has 0 aliphatic carbocycles. The van der Waals surface area contributed by atoms with Gasteiger partial charge < -0.3 is 4.90 Å². The van der Waals surface area contributed by atoms with Gasteiger partial charge in [0.1, 0.15) is 5.01 Å². The molecule has 0 unspecified atom stereocenters. The van der Waals surface area contributed by atoms with Gasteiger partial charge in [-0.1, -0.05) is 36.4 Å². The van der Waals surface area contributed by atoms with Gasteiger partial charge in [-0.3, -0.25) is 14.7 Å². The first kappa shape index (κ1) is 20.5. The lowest BCUT2D eigenvalue weighted by atomic mass is 10.1. The Labute approximate surface area is 199 Å². The van der Waals surface area contributed by atoms with E-state index in [4.69, 9.17) is 4.98 Å². The summed E-state index contributed by atoms with van der Waals surface area (Å²) in [7, 11) is 0. The highest BCUT2D eigenvalue weighted by molar-refractivity contribution is 7.26. The van der Waals surface area contributed by atoms with Crippen LogP contribution in [0.2, 0.25) is 0 Å². The normalized spacial score (nSPS) is 14.8. The lowest BCUT2D eigenvalue weighted by Gasteiger charge is -2.34. The molecule has 0 atom stereocenters. The molecule has 164 valence electrons. The minimum Gasteiger partial charge on any atom is -0.335 e. The summed E-state index contributed by atoms with van der Waals surface area (Å²) in [4.78, 5) is 28.7. The smallest absolute Gasteiger partial charge is 0.264 e. The molecule has 1 aliphatic rings. The van der Waals surface area contributed by atoms with Crippen molar-refractivity contribution in [2.75, 3.05) is 26.2 Å². The number of nitrogens with zero attached hydrogens (tertiary/aromatic N) is 4. The molecule has 7 heteroatoms. The van der Waals surface area contributed by atoms with Crippen LogP contribution in [0.1, 0.15) is 15.2 Å². The van der Waals surface area contributed by atoms with Crippen molar-refractivity contribution in [3.8, 4) is 9.88 Å². The zero-order valence-corrected chi connectivity index (χ0v) is 19.6. The molecule has 0 saturated carbocycles. The first-order valence-corrected chi connectivity index (χ1v) is 12.7. The molecular formula is C26H22N4OS2. The largest absolute Gasteiger partial charge is 0.335 e. The number of amides is 1. The highest BCUT2D eigenvalue weighted by Gasteiger charge is 2.24. The Morgan fingerprint density at radius 2 is 1.73 bits per heavy atom. The Kier molecular flexibility index (Phi) is 5.38. The highest BCUT2D eigenvalue weighted by Crippen LogP contribution is 2.35. The van der Waals surface area contributed by atoms with Crippen LogP contribution in [-0.4, -0.2) is 51.9 Å². The summed E-state index contributed by atoms with van der Waals surface area (Å²) in [5, 5.41) is 2.15. The fourth-order valence-corrected chi connectivity index (χ4v) is 6.34. The van der Waals surface area contributed by atoms with Crippen LogP contribution in [-0.2, 0) is 6.54 Å². The van der Waals surface area contributed by atoms with Gasteiger partial charge in [0.2, 0.25) is 0 Å². The first-order chi connectivity index (χ1) is 16.2. The Balaban J connectivity index is 1.12. The quantitative estimate of drug-likeness (QED) is 0.346. The van der Waals surface area contributed by atoms with Crippen LogP contribution >= 0.6 is 22.7 Å². The van der Waals surface area contributed by atoms with Crippen LogP contribution in [0, 0.1) is 0 Å². The second-order valence-corrected chi connectivity index (χ2v) is 10.3. The molecule has 5 aromatic rings. The van der Waals surface area contributed by atoms with E-state index >= 15 is 0 Å². The highest BCUT2D eigenvalue weighted by atomic mass is 32.1. The van der Waals surface area contributed by atoms with Crippen LogP contribution in [0.3, 0.4) is 0 Å². The number of thiophene rings is 1. The van der Waals surface area contributed by atoms with E-state index in [0.717, 1.165) is 58.5 Å². The summed E-state index contributed by atoms with van der Waals surface area (Å²) >= 11 is 3.22. The third-order valence-corrected chi connectivity index (χ3v) is 8.37. The zero-order chi connectivity index (χ0) is 22.2. The number of aromatic nitrogens is 2. The second kappa shape index (κ2) is 8.67. The maximum atomic E-state index is 13.1.